The summed E-state index contributed by atoms with van der Waals surface area (Å²) in [6.07, 6.45) is 4.80. The van der Waals surface area contributed by atoms with Crippen LogP contribution in [-0.2, 0) is 0 Å². The summed E-state index contributed by atoms with van der Waals surface area (Å²) >= 11 is 0. The molecular weight excluding hydrogens is 214 g/mol. The third-order valence-electron chi connectivity index (χ3n) is 2.31. The molecule has 0 unspecified atom stereocenters. The molecule has 0 fully saturated rings. The lowest BCUT2D eigenvalue weighted by atomic mass is 10.2. The summed E-state index contributed by atoms with van der Waals surface area (Å²) < 4.78 is 8.02. The minimum absolute atomic E-state index is 0.352. The van der Waals surface area contributed by atoms with Gasteiger partial charge in [-0.15, -0.1) is 0 Å². The van der Waals surface area contributed by atoms with Crippen molar-refractivity contribution in [3.8, 4) is 11.8 Å². The third kappa shape index (κ3) is 1.72. The van der Waals surface area contributed by atoms with E-state index in [0.29, 0.717) is 28.8 Å². The molecule has 3 aromatic rings. The van der Waals surface area contributed by atoms with Gasteiger partial charge in [0.25, 0.3) is 0 Å². The van der Waals surface area contributed by atoms with Crippen LogP contribution in [0.25, 0.3) is 11.0 Å². The molecule has 0 atom stereocenters. The Morgan fingerprint density at radius 2 is 2.24 bits per heavy atom. The number of pyridine rings is 1. The molecule has 5 nitrogen and oxygen atoms in total. The van der Waals surface area contributed by atoms with E-state index in [0.717, 1.165) is 5.39 Å². The number of nitrogens with zero attached hydrogens (tertiary/aromatic N) is 2. The fourth-order valence-electron chi connectivity index (χ4n) is 1.47. The van der Waals surface area contributed by atoms with E-state index in [1.54, 1.807) is 18.5 Å². The second-order valence-electron chi connectivity index (χ2n) is 3.45. The number of aromatic nitrogens is 4. The molecule has 3 heterocycles. The number of anilines is 1. The predicted octanol–water partition coefficient (Wildman–Crippen LogP) is 1.27. The van der Waals surface area contributed by atoms with Crippen molar-refractivity contribution in [3.05, 3.63) is 42.1 Å². The molecule has 0 bridgehead atoms. The van der Waals surface area contributed by atoms with Gasteiger partial charge in [-0.2, -0.15) is 0 Å². The number of hydrogen-bond donors (Lipinski definition) is 3. The maximum atomic E-state index is 8.02. The summed E-state index contributed by atoms with van der Waals surface area (Å²) in [7, 11) is 0. The van der Waals surface area contributed by atoms with Crippen molar-refractivity contribution in [3.63, 3.8) is 0 Å². The van der Waals surface area contributed by atoms with Gasteiger partial charge in [0.1, 0.15) is 11.3 Å². The van der Waals surface area contributed by atoms with E-state index in [-0.39, 0.29) is 0 Å². The minimum Gasteiger partial charge on any atom is -0.381 e. The molecule has 4 N–H and O–H groups in total. The highest BCUT2D eigenvalue weighted by Gasteiger charge is 1.97. The number of H-pyrrole nitrogens is 2. The first-order valence-electron chi connectivity index (χ1n) is 5.49. The second kappa shape index (κ2) is 3.68. The van der Waals surface area contributed by atoms with E-state index in [2.05, 4.69) is 31.8 Å². The van der Waals surface area contributed by atoms with Crippen molar-refractivity contribution in [2.45, 2.75) is 0 Å². The maximum absolute atomic E-state index is 8.02. The number of imidazole rings is 1. The number of nitrogens with two attached hydrogens (primary N) is 1. The number of aromatic amines is 2. The van der Waals surface area contributed by atoms with Crippen molar-refractivity contribution >= 4 is 16.9 Å². The summed E-state index contributed by atoms with van der Waals surface area (Å²) in [6, 6.07) is 2.16. The Morgan fingerprint density at radius 1 is 1.29 bits per heavy atom. The van der Waals surface area contributed by atoms with Crippen LogP contribution in [0.3, 0.4) is 0 Å². The molecule has 0 aliphatic carbocycles. The summed E-state index contributed by atoms with van der Waals surface area (Å²) in [4.78, 5) is 13.8. The number of hydrogen-bond acceptors (Lipinski definition) is 3. The van der Waals surface area contributed by atoms with Gasteiger partial charge >= 0.3 is 0 Å². The van der Waals surface area contributed by atoms with Crippen LogP contribution in [0.1, 0.15) is 12.6 Å². The first-order valence-corrected chi connectivity index (χ1v) is 4.99. The SMILES string of the molecule is [3H]c1c(C#Cc2[nH]cnc2N)cnc2[nH]ccc12. The van der Waals surface area contributed by atoms with Crippen molar-refractivity contribution in [2.75, 3.05) is 5.73 Å². The molecule has 0 aliphatic rings. The van der Waals surface area contributed by atoms with Gasteiger partial charge in [-0.25, -0.2) is 9.97 Å². The van der Waals surface area contributed by atoms with E-state index < -0.39 is 0 Å². The number of nitrogen functional groups attached to an aromatic ring is 1. The van der Waals surface area contributed by atoms with Gasteiger partial charge in [-0.05, 0) is 18.0 Å². The summed E-state index contributed by atoms with van der Waals surface area (Å²) in [5, 5.41) is 0.749. The lowest BCUT2D eigenvalue weighted by Gasteiger charge is -1.90. The van der Waals surface area contributed by atoms with Crippen LogP contribution in [0, 0.1) is 11.8 Å². The Balaban J connectivity index is 2.08. The molecule has 0 spiro atoms. The Kier molecular flexibility index (Phi) is 1.82. The smallest absolute Gasteiger partial charge is 0.157 e. The van der Waals surface area contributed by atoms with Crippen LogP contribution in [0.4, 0.5) is 5.82 Å². The molecule has 82 valence electrons. The second-order valence-corrected chi connectivity index (χ2v) is 3.45. The molecule has 0 saturated carbocycles. The van der Waals surface area contributed by atoms with Crippen molar-refractivity contribution < 1.29 is 1.37 Å². The van der Waals surface area contributed by atoms with Crippen molar-refractivity contribution in [1.29, 1.82) is 0 Å². The number of rotatable bonds is 0. The maximum Gasteiger partial charge on any atom is 0.157 e. The zero-order valence-corrected chi connectivity index (χ0v) is 8.78. The van der Waals surface area contributed by atoms with Gasteiger partial charge in [0.05, 0.1) is 7.70 Å². The van der Waals surface area contributed by atoms with Gasteiger partial charge in [0, 0.05) is 23.3 Å². The quantitative estimate of drug-likeness (QED) is 0.504. The average molecular weight is 225 g/mol. The van der Waals surface area contributed by atoms with Crippen LogP contribution in [0.15, 0.2) is 30.8 Å². The first-order chi connectivity index (χ1) is 8.75. The van der Waals surface area contributed by atoms with Crippen LogP contribution < -0.4 is 5.73 Å². The van der Waals surface area contributed by atoms with E-state index in [1.165, 1.54) is 6.33 Å². The zero-order chi connectivity index (χ0) is 12.5. The number of nitrogens with one attached hydrogen (secondary N) is 2. The highest BCUT2D eigenvalue weighted by Crippen LogP contribution is 2.10. The van der Waals surface area contributed by atoms with E-state index in [1.807, 2.05) is 0 Å². The van der Waals surface area contributed by atoms with Crippen LogP contribution >= 0.6 is 0 Å². The summed E-state index contributed by atoms with van der Waals surface area (Å²) in [5.74, 6) is 6.07. The lowest BCUT2D eigenvalue weighted by molar-refractivity contribution is 1.30. The fourth-order valence-corrected chi connectivity index (χ4v) is 1.47. The standard InChI is InChI=1S/C12H9N5/c13-11-10(16-7-17-11)2-1-8-5-9-3-4-14-12(9)15-6-8/h3-7H,13H2,(H,14,15)(H,16,17)/i5T. The zero-order valence-electron chi connectivity index (χ0n) is 9.78. The van der Waals surface area contributed by atoms with Gasteiger partial charge in [0.2, 0.25) is 0 Å². The molecule has 0 aliphatic heterocycles. The summed E-state index contributed by atoms with van der Waals surface area (Å²) in [5.41, 5.74) is 7.39. The lowest BCUT2D eigenvalue weighted by Crippen LogP contribution is -1.88. The molecule has 0 saturated heterocycles. The largest absolute Gasteiger partial charge is 0.381 e. The van der Waals surface area contributed by atoms with Gasteiger partial charge in [-0.1, -0.05) is 5.92 Å². The van der Waals surface area contributed by atoms with E-state index >= 15 is 0 Å². The molecule has 3 rings (SSSR count). The fraction of sp³-hybridized carbons (Fsp3) is 0. The molecule has 0 amide bonds. The monoisotopic (exact) mass is 225 g/mol. The van der Waals surface area contributed by atoms with Crippen molar-refractivity contribution in [1.82, 2.24) is 19.9 Å². The first kappa shape index (κ1) is 8.42. The topological polar surface area (TPSA) is 83.4 Å². The Bertz CT molecular complexity index is 774. The highest BCUT2D eigenvalue weighted by molar-refractivity contribution is 5.76. The van der Waals surface area contributed by atoms with Gasteiger partial charge in [0.15, 0.2) is 5.82 Å². The molecular formula is C12H9N5. The molecule has 17 heavy (non-hydrogen) atoms. The van der Waals surface area contributed by atoms with Gasteiger partial charge in [-0.3, -0.25) is 0 Å². The third-order valence-corrected chi connectivity index (χ3v) is 2.31. The molecule has 0 radical (unpaired) electrons. The average Bonchev–Trinajstić information content (AvgIpc) is 2.98. The van der Waals surface area contributed by atoms with Crippen LogP contribution in [0.5, 0.6) is 0 Å². The Hall–Kier alpha value is -2.74. The number of fused-ring (bicyclic) bond motifs is 1. The molecule has 5 heteroatoms. The normalized spacial score (nSPS) is 10.9. The van der Waals surface area contributed by atoms with E-state index in [9.17, 15) is 0 Å². The van der Waals surface area contributed by atoms with Crippen LogP contribution in [-0.4, -0.2) is 19.9 Å². The Morgan fingerprint density at radius 3 is 3.06 bits per heavy atom. The van der Waals surface area contributed by atoms with Gasteiger partial charge < -0.3 is 15.7 Å². The molecule has 0 aromatic carbocycles. The minimum atomic E-state index is 0.352. The summed E-state index contributed by atoms with van der Waals surface area (Å²) in [6.45, 7) is 0. The highest BCUT2D eigenvalue weighted by atomic mass is 15.0. The predicted molar refractivity (Wildman–Crippen MR) is 65.1 cm³/mol. The molecule has 3 aromatic heterocycles. The van der Waals surface area contributed by atoms with E-state index in [4.69, 9.17) is 7.10 Å². The van der Waals surface area contributed by atoms with Crippen LogP contribution in [0.2, 0.25) is 0 Å². The Labute approximate surface area is 98.5 Å². The van der Waals surface area contributed by atoms with Crippen molar-refractivity contribution in [2.24, 2.45) is 0 Å².